The summed E-state index contributed by atoms with van der Waals surface area (Å²) in [5, 5.41) is 12.8. The Kier molecular flexibility index (Phi) is 3.99. The summed E-state index contributed by atoms with van der Waals surface area (Å²) in [4.78, 5) is 0. The van der Waals surface area contributed by atoms with Gasteiger partial charge in [0.2, 0.25) is 0 Å². The predicted octanol–water partition coefficient (Wildman–Crippen LogP) is 3.95. The maximum absolute atomic E-state index is 9.22. The van der Waals surface area contributed by atoms with Crippen LogP contribution in [-0.2, 0) is 0 Å². The normalized spacial score (nSPS) is 21.5. The number of nitrogens with one attached hydrogen (secondary N) is 1. The van der Waals surface area contributed by atoms with Gasteiger partial charge < -0.3 is 10.1 Å². The minimum atomic E-state index is 0.380. The Morgan fingerprint density at radius 1 is 1.42 bits per heavy atom. The SMILES string of the molecule is COc1cccc(C#N)c1NC1CCCC(C)(C)C1. The minimum Gasteiger partial charge on any atom is -0.495 e. The van der Waals surface area contributed by atoms with Crippen molar-refractivity contribution in [3.8, 4) is 11.8 Å². The lowest BCUT2D eigenvalue weighted by Gasteiger charge is -2.36. The first-order chi connectivity index (χ1) is 9.05. The van der Waals surface area contributed by atoms with Gasteiger partial charge in [0.05, 0.1) is 18.4 Å². The van der Waals surface area contributed by atoms with Gasteiger partial charge in [0.15, 0.2) is 0 Å². The molecule has 3 nitrogen and oxygen atoms in total. The smallest absolute Gasteiger partial charge is 0.143 e. The fourth-order valence-corrected chi connectivity index (χ4v) is 2.97. The topological polar surface area (TPSA) is 45.0 Å². The van der Waals surface area contributed by atoms with Gasteiger partial charge in [0.25, 0.3) is 0 Å². The van der Waals surface area contributed by atoms with E-state index in [0.717, 1.165) is 24.3 Å². The second-order valence-corrected chi connectivity index (χ2v) is 6.10. The van der Waals surface area contributed by atoms with E-state index in [4.69, 9.17) is 4.74 Å². The summed E-state index contributed by atoms with van der Waals surface area (Å²) in [6, 6.07) is 8.25. The van der Waals surface area contributed by atoms with Gasteiger partial charge in [-0.15, -0.1) is 0 Å². The third-order valence-corrected chi connectivity index (χ3v) is 3.92. The maximum atomic E-state index is 9.22. The fourth-order valence-electron chi connectivity index (χ4n) is 2.97. The fraction of sp³-hybridized carbons (Fsp3) is 0.562. The molecule has 1 aliphatic rings. The number of rotatable bonds is 3. The zero-order valence-electron chi connectivity index (χ0n) is 12.0. The molecule has 1 fully saturated rings. The Morgan fingerprint density at radius 2 is 2.21 bits per heavy atom. The molecule has 1 atom stereocenters. The molecule has 1 aromatic rings. The molecule has 1 N–H and O–H groups in total. The predicted molar refractivity (Wildman–Crippen MR) is 77.4 cm³/mol. The van der Waals surface area contributed by atoms with Gasteiger partial charge in [-0.1, -0.05) is 26.3 Å². The third-order valence-electron chi connectivity index (χ3n) is 3.92. The van der Waals surface area contributed by atoms with Crippen LogP contribution in [0.5, 0.6) is 5.75 Å². The molecule has 0 spiro atoms. The number of hydrogen-bond acceptors (Lipinski definition) is 3. The molecule has 102 valence electrons. The van der Waals surface area contributed by atoms with Crippen molar-refractivity contribution in [3.05, 3.63) is 23.8 Å². The molecular weight excluding hydrogens is 236 g/mol. The lowest BCUT2D eigenvalue weighted by Crippen LogP contribution is -2.32. The summed E-state index contributed by atoms with van der Waals surface area (Å²) in [7, 11) is 1.65. The standard InChI is InChI=1S/C16H22N2O/c1-16(2)9-5-7-13(10-16)18-15-12(11-17)6-4-8-14(15)19-3/h4,6,8,13,18H,5,7,9-10H2,1-3H3. The number of ether oxygens (including phenoxy) is 1. The number of para-hydroxylation sites is 1. The van der Waals surface area contributed by atoms with E-state index in [1.165, 1.54) is 12.8 Å². The average molecular weight is 258 g/mol. The van der Waals surface area contributed by atoms with Crippen LogP contribution in [0, 0.1) is 16.7 Å². The highest BCUT2D eigenvalue weighted by Crippen LogP contribution is 2.38. The minimum absolute atomic E-state index is 0.380. The van der Waals surface area contributed by atoms with E-state index < -0.39 is 0 Å². The molecule has 0 bridgehead atoms. The van der Waals surface area contributed by atoms with E-state index in [-0.39, 0.29) is 0 Å². The molecule has 0 saturated heterocycles. The lowest BCUT2D eigenvalue weighted by atomic mass is 9.75. The van der Waals surface area contributed by atoms with Crippen molar-refractivity contribution >= 4 is 5.69 Å². The van der Waals surface area contributed by atoms with Gasteiger partial charge in [-0.05, 0) is 36.8 Å². The first-order valence-corrected chi connectivity index (χ1v) is 6.89. The zero-order valence-corrected chi connectivity index (χ0v) is 12.0. The van der Waals surface area contributed by atoms with Gasteiger partial charge in [-0.3, -0.25) is 0 Å². The van der Waals surface area contributed by atoms with Crippen LogP contribution in [0.15, 0.2) is 18.2 Å². The first kappa shape index (κ1) is 13.7. The summed E-state index contributed by atoms with van der Waals surface area (Å²) >= 11 is 0. The molecule has 0 heterocycles. The number of hydrogen-bond donors (Lipinski definition) is 1. The monoisotopic (exact) mass is 258 g/mol. The van der Waals surface area contributed by atoms with Crippen LogP contribution in [0.2, 0.25) is 0 Å². The molecule has 1 saturated carbocycles. The number of anilines is 1. The number of nitriles is 1. The third kappa shape index (κ3) is 3.20. The van der Waals surface area contributed by atoms with Gasteiger partial charge in [-0.25, -0.2) is 0 Å². The van der Waals surface area contributed by atoms with Gasteiger partial charge in [-0.2, -0.15) is 5.26 Å². The number of nitrogens with zero attached hydrogens (tertiary/aromatic N) is 1. The quantitative estimate of drug-likeness (QED) is 0.893. The summed E-state index contributed by atoms with van der Waals surface area (Å²) in [6.07, 6.45) is 4.81. The molecule has 1 aromatic carbocycles. The molecule has 1 aliphatic carbocycles. The summed E-state index contributed by atoms with van der Waals surface area (Å²) in [6.45, 7) is 4.63. The van der Waals surface area contributed by atoms with E-state index in [0.29, 0.717) is 17.0 Å². The second-order valence-electron chi connectivity index (χ2n) is 6.10. The summed E-state index contributed by atoms with van der Waals surface area (Å²) < 4.78 is 5.37. The van der Waals surface area contributed by atoms with Crippen LogP contribution < -0.4 is 10.1 Å². The first-order valence-electron chi connectivity index (χ1n) is 6.89. The van der Waals surface area contributed by atoms with Crippen LogP contribution in [0.1, 0.15) is 45.1 Å². The molecule has 0 amide bonds. The highest BCUT2D eigenvalue weighted by molar-refractivity contribution is 5.66. The van der Waals surface area contributed by atoms with E-state index >= 15 is 0 Å². The lowest BCUT2D eigenvalue weighted by molar-refractivity contribution is 0.229. The van der Waals surface area contributed by atoms with Crippen LogP contribution in [-0.4, -0.2) is 13.2 Å². The van der Waals surface area contributed by atoms with Crippen LogP contribution in [0.25, 0.3) is 0 Å². The van der Waals surface area contributed by atoms with Crippen molar-refractivity contribution in [1.29, 1.82) is 5.26 Å². The van der Waals surface area contributed by atoms with Crippen molar-refractivity contribution in [2.75, 3.05) is 12.4 Å². The van der Waals surface area contributed by atoms with Gasteiger partial charge >= 0.3 is 0 Å². The molecule has 3 heteroatoms. The summed E-state index contributed by atoms with van der Waals surface area (Å²) in [5.41, 5.74) is 1.88. The number of methoxy groups -OCH3 is 1. The van der Waals surface area contributed by atoms with E-state index in [1.807, 2.05) is 18.2 Å². The Bertz CT molecular complexity index is 488. The van der Waals surface area contributed by atoms with Crippen molar-refractivity contribution in [3.63, 3.8) is 0 Å². The summed E-state index contributed by atoms with van der Waals surface area (Å²) in [5.74, 6) is 0.752. The Labute approximate surface area is 115 Å². The van der Waals surface area contributed by atoms with Crippen LogP contribution in [0.3, 0.4) is 0 Å². The van der Waals surface area contributed by atoms with Crippen molar-refractivity contribution in [1.82, 2.24) is 0 Å². The van der Waals surface area contributed by atoms with E-state index in [1.54, 1.807) is 7.11 Å². The van der Waals surface area contributed by atoms with E-state index in [9.17, 15) is 5.26 Å². The molecule has 2 rings (SSSR count). The molecular formula is C16H22N2O. The van der Waals surface area contributed by atoms with E-state index in [2.05, 4.69) is 25.2 Å². The average Bonchev–Trinajstić information content (AvgIpc) is 2.38. The molecule has 0 aliphatic heterocycles. The van der Waals surface area contributed by atoms with Crippen molar-refractivity contribution in [2.24, 2.45) is 5.41 Å². The largest absolute Gasteiger partial charge is 0.495 e. The molecule has 0 aromatic heterocycles. The Morgan fingerprint density at radius 3 is 2.84 bits per heavy atom. The molecule has 19 heavy (non-hydrogen) atoms. The second kappa shape index (κ2) is 5.52. The molecule has 1 unspecified atom stereocenters. The Balaban J connectivity index is 2.21. The van der Waals surface area contributed by atoms with Gasteiger partial charge in [0.1, 0.15) is 11.8 Å². The van der Waals surface area contributed by atoms with Crippen LogP contribution in [0.4, 0.5) is 5.69 Å². The molecule has 0 radical (unpaired) electrons. The van der Waals surface area contributed by atoms with Crippen molar-refractivity contribution < 1.29 is 4.74 Å². The van der Waals surface area contributed by atoms with Crippen LogP contribution >= 0.6 is 0 Å². The Hall–Kier alpha value is -1.69. The highest BCUT2D eigenvalue weighted by atomic mass is 16.5. The maximum Gasteiger partial charge on any atom is 0.143 e. The van der Waals surface area contributed by atoms with Crippen molar-refractivity contribution in [2.45, 2.75) is 45.6 Å². The zero-order chi connectivity index (χ0) is 13.9. The highest BCUT2D eigenvalue weighted by Gasteiger charge is 2.28. The van der Waals surface area contributed by atoms with Gasteiger partial charge in [0, 0.05) is 6.04 Å². The number of benzene rings is 1.